The van der Waals surface area contributed by atoms with Crippen LogP contribution >= 0.6 is 0 Å². The Labute approximate surface area is 129 Å². The monoisotopic (exact) mass is 295 g/mol. The van der Waals surface area contributed by atoms with Crippen molar-refractivity contribution in [3.05, 3.63) is 64.6 Å². The third-order valence-corrected chi connectivity index (χ3v) is 4.18. The summed E-state index contributed by atoms with van der Waals surface area (Å²) in [5.41, 5.74) is 1.47. The van der Waals surface area contributed by atoms with Crippen LogP contribution in [-0.4, -0.2) is 21.7 Å². The lowest BCUT2D eigenvalue weighted by Gasteiger charge is -2.19. The van der Waals surface area contributed by atoms with Crippen molar-refractivity contribution >= 4 is 23.4 Å². The Morgan fingerprint density at radius 3 is 2.73 bits per heavy atom. The van der Waals surface area contributed by atoms with Crippen molar-refractivity contribution in [1.82, 2.24) is 4.57 Å². The Morgan fingerprint density at radius 2 is 2.05 bits per heavy atom. The van der Waals surface area contributed by atoms with Gasteiger partial charge in [-0.2, -0.15) is 0 Å². The molecule has 1 aliphatic carbocycles. The van der Waals surface area contributed by atoms with Crippen LogP contribution in [0.1, 0.15) is 25.8 Å². The number of rotatable bonds is 3. The molecule has 0 saturated carbocycles. The van der Waals surface area contributed by atoms with Crippen molar-refractivity contribution in [2.75, 3.05) is 0 Å². The molecule has 0 fully saturated rings. The largest absolute Gasteiger partial charge is 0.488 e. The number of nitrogens with zero attached hydrogens (tertiary/aromatic N) is 1. The van der Waals surface area contributed by atoms with Gasteiger partial charge in [-0.3, -0.25) is 4.79 Å². The summed E-state index contributed by atoms with van der Waals surface area (Å²) >= 11 is 0. The highest BCUT2D eigenvalue weighted by atomic mass is 16.4. The van der Waals surface area contributed by atoms with E-state index in [1.165, 1.54) is 0 Å². The summed E-state index contributed by atoms with van der Waals surface area (Å²) < 4.78 is 1.72. The topological polar surface area (TPSA) is 62.5 Å². The molecule has 2 N–H and O–H groups in total. The summed E-state index contributed by atoms with van der Waals surface area (Å²) in [6.07, 6.45) is 10.2. The first-order valence-corrected chi connectivity index (χ1v) is 7.45. The number of hydrogen-bond donors (Lipinski definition) is 2. The van der Waals surface area contributed by atoms with Gasteiger partial charge in [-0.25, -0.2) is 0 Å². The average molecular weight is 295 g/mol. The molecule has 2 aromatic rings. The van der Waals surface area contributed by atoms with E-state index in [4.69, 9.17) is 0 Å². The summed E-state index contributed by atoms with van der Waals surface area (Å²) in [5, 5.41) is 19.7. The van der Waals surface area contributed by atoms with Gasteiger partial charge in [0.2, 0.25) is 0 Å². The molecule has 1 unspecified atom stereocenters. The molecule has 1 heterocycles. The molecular weight excluding hydrogens is 277 g/mol. The zero-order chi connectivity index (χ0) is 15.7. The van der Waals surface area contributed by atoms with E-state index < -0.39 is 7.12 Å². The minimum absolute atomic E-state index is 0.0171. The molecule has 1 aromatic carbocycles. The molecule has 0 amide bonds. The van der Waals surface area contributed by atoms with Crippen LogP contribution in [0.2, 0.25) is 0 Å². The number of aromatic nitrogens is 1. The first-order valence-electron chi connectivity index (χ1n) is 7.45. The fourth-order valence-electron chi connectivity index (χ4n) is 2.85. The van der Waals surface area contributed by atoms with E-state index in [-0.39, 0.29) is 11.6 Å². The zero-order valence-corrected chi connectivity index (χ0v) is 12.4. The quantitative estimate of drug-likeness (QED) is 0.844. The van der Waals surface area contributed by atoms with Gasteiger partial charge in [0.1, 0.15) is 0 Å². The fraction of sp³-hybridized carbons (Fsp3) is 0.235. The van der Waals surface area contributed by atoms with Gasteiger partial charge >= 0.3 is 7.12 Å². The first kappa shape index (κ1) is 14.8. The Bertz CT molecular complexity index is 820. The van der Waals surface area contributed by atoms with E-state index in [0.29, 0.717) is 16.2 Å². The summed E-state index contributed by atoms with van der Waals surface area (Å²) in [7, 11) is -1.52. The third-order valence-electron chi connectivity index (χ3n) is 4.18. The van der Waals surface area contributed by atoms with Crippen molar-refractivity contribution in [1.29, 1.82) is 0 Å². The van der Waals surface area contributed by atoms with Crippen LogP contribution < -0.4 is 11.0 Å². The highest BCUT2D eigenvalue weighted by Gasteiger charge is 2.15. The lowest BCUT2D eigenvalue weighted by molar-refractivity contribution is 0.426. The fourth-order valence-corrected chi connectivity index (χ4v) is 2.85. The molecule has 4 nitrogen and oxygen atoms in total. The molecular formula is C17H18BNO3. The number of allylic oxidation sites excluding steroid dienone is 4. The maximum absolute atomic E-state index is 12.7. The molecule has 112 valence electrons. The van der Waals surface area contributed by atoms with Gasteiger partial charge < -0.3 is 14.6 Å². The van der Waals surface area contributed by atoms with E-state index in [9.17, 15) is 14.8 Å². The van der Waals surface area contributed by atoms with Crippen LogP contribution in [0.3, 0.4) is 0 Å². The van der Waals surface area contributed by atoms with Gasteiger partial charge in [0, 0.05) is 11.6 Å². The van der Waals surface area contributed by atoms with Crippen LogP contribution in [0.5, 0.6) is 0 Å². The Balaban J connectivity index is 2.07. The molecule has 0 radical (unpaired) electrons. The molecule has 22 heavy (non-hydrogen) atoms. The van der Waals surface area contributed by atoms with Crippen molar-refractivity contribution in [3.63, 3.8) is 0 Å². The lowest BCUT2D eigenvalue weighted by atomic mass is 9.79. The standard InChI is InChI=1S/C17H18BNO3/c1-12(13-5-3-2-4-6-13)19-10-9-14-11-15(18(21)22)7-8-16(14)17(19)20/h3,5-12,21-22H,2,4H2,1H3. The second-order valence-electron chi connectivity index (χ2n) is 5.61. The van der Waals surface area contributed by atoms with Crippen LogP contribution in [0.15, 0.2) is 59.1 Å². The minimum Gasteiger partial charge on any atom is -0.423 e. The number of benzene rings is 1. The maximum atomic E-state index is 12.7. The van der Waals surface area contributed by atoms with Crippen LogP contribution in [0.4, 0.5) is 0 Å². The molecule has 0 saturated heterocycles. The molecule has 3 rings (SSSR count). The van der Waals surface area contributed by atoms with Crippen LogP contribution in [0.25, 0.3) is 10.8 Å². The lowest BCUT2D eigenvalue weighted by Crippen LogP contribution is -2.30. The molecule has 0 bridgehead atoms. The van der Waals surface area contributed by atoms with Crippen LogP contribution in [0, 0.1) is 0 Å². The number of pyridine rings is 1. The predicted molar refractivity (Wildman–Crippen MR) is 89.2 cm³/mol. The van der Waals surface area contributed by atoms with E-state index in [1.54, 1.807) is 29.0 Å². The second kappa shape index (κ2) is 5.95. The molecule has 1 aromatic heterocycles. The highest BCUT2D eigenvalue weighted by molar-refractivity contribution is 6.58. The van der Waals surface area contributed by atoms with Gasteiger partial charge in [-0.1, -0.05) is 30.4 Å². The van der Waals surface area contributed by atoms with Gasteiger partial charge in [-0.05, 0) is 48.3 Å². The summed E-state index contributed by atoms with van der Waals surface area (Å²) in [6.45, 7) is 2.01. The van der Waals surface area contributed by atoms with Crippen molar-refractivity contribution in [3.8, 4) is 0 Å². The summed E-state index contributed by atoms with van der Waals surface area (Å²) in [6, 6.07) is 6.68. The molecule has 0 aliphatic heterocycles. The van der Waals surface area contributed by atoms with Crippen molar-refractivity contribution in [2.45, 2.75) is 25.8 Å². The van der Waals surface area contributed by atoms with E-state index in [1.807, 2.05) is 13.0 Å². The van der Waals surface area contributed by atoms with E-state index in [2.05, 4.69) is 18.2 Å². The van der Waals surface area contributed by atoms with Gasteiger partial charge in [0.25, 0.3) is 5.56 Å². The zero-order valence-electron chi connectivity index (χ0n) is 12.4. The number of fused-ring (bicyclic) bond motifs is 1. The maximum Gasteiger partial charge on any atom is 0.488 e. The van der Waals surface area contributed by atoms with Crippen LogP contribution in [-0.2, 0) is 0 Å². The summed E-state index contributed by atoms with van der Waals surface area (Å²) in [4.78, 5) is 12.7. The Morgan fingerprint density at radius 1 is 1.23 bits per heavy atom. The first-order chi connectivity index (χ1) is 10.6. The second-order valence-corrected chi connectivity index (χ2v) is 5.61. The molecule has 1 atom stereocenters. The SMILES string of the molecule is CC(C1=CCCC=C1)n1ccc2cc(B(O)O)ccc2c1=O. The van der Waals surface area contributed by atoms with E-state index >= 15 is 0 Å². The average Bonchev–Trinajstić information content (AvgIpc) is 2.55. The summed E-state index contributed by atoms with van der Waals surface area (Å²) in [5.74, 6) is 0. The third kappa shape index (κ3) is 2.65. The van der Waals surface area contributed by atoms with Gasteiger partial charge in [-0.15, -0.1) is 0 Å². The molecule has 5 heteroatoms. The van der Waals surface area contributed by atoms with Crippen molar-refractivity contribution < 1.29 is 10.0 Å². The smallest absolute Gasteiger partial charge is 0.423 e. The van der Waals surface area contributed by atoms with Crippen molar-refractivity contribution in [2.24, 2.45) is 0 Å². The highest BCUT2D eigenvalue weighted by Crippen LogP contribution is 2.22. The van der Waals surface area contributed by atoms with Gasteiger partial charge in [0.05, 0.1) is 6.04 Å². The van der Waals surface area contributed by atoms with Gasteiger partial charge in [0.15, 0.2) is 0 Å². The predicted octanol–water partition coefficient (Wildman–Crippen LogP) is 1.52. The minimum atomic E-state index is -1.52. The Hall–Kier alpha value is -2.11. The number of hydrogen-bond acceptors (Lipinski definition) is 3. The van der Waals surface area contributed by atoms with E-state index in [0.717, 1.165) is 18.4 Å². The normalized spacial score (nSPS) is 15.7. The molecule has 1 aliphatic rings. The molecule has 0 spiro atoms. The Kier molecular flexibility index (Phi) is 4.01.